The Morgan fingerprint density at radius 1 is 1.64 bits per heavy atom. The lowest BCUT2D eigenvalue weighted by Gasteiger charge is -2.24. The molecule has 0 radical (unpaired) electrons. The van der Waals surface area contributed by atoms with Gasteiger partial charge in [-0.05, 0) is 12.3 Å². The van der Waals surface area contributed by atoms with Crippen LogP contribution in [0.3, 0.4) is 0 Å². The fourth-order valence-electron chi connectivity index (χ4n) is 2.00. The Morgan fingerprint density at radius 2 is 2.21 bits per heavy atom. The monoisotopic (exact) mass is 201 g/mol. The second kappa shape index (κ2) is 3.87. The summed E-state index contributed by atoms with van der Waals surface area (Å²) in [5.41, 5.74) is 0.0124. The number of likely N-dealkylation sites (tertiary alicyclic amines) is 1. The van der Waals surface area contributed by atoms with Crippen molar-refractivity contribution in [2.45, 2.75) is 26.8 Å². The van der Waals surface area contributed by atoms with Gasteiger partial charge in [0.15, 0.2) is 0 Å². The van der Waals surface area contributed by atoms with Gasteiger partial charge in [-0.25, -0.2) is 0 Å². The lowest BCUT2D eigenvalue weighted by atomic mass is 9.83. The third kappa shape index (κ3) is 2.07. The van der Waals surface area contributed by atoms with Gasteiger partial charge >= 0.3 is 5.97 Å². The molecule has 2 atom stereocenters. The Hall–Kier alpha value is -0.610. The molecule has 0 aromatic rings. The molecular formula is C10H19NO3. The van der Waals surface area contributed by atoms with Gasteiger partial charge in [0.2, 0.25) is 0 Å². The fourth-order valence-corrected chi connectivity index (χ4v) is 2.00. The van der Waals surface area contributed by atoms with Crippen LogP contribution in [-0.4, -0.2) is 46.8 Å². The van der Waals surface area contributed by atoms with Crippen molar-refractivity contribution >= 4 is 5.97 Å². The molecule has 4 heteroatoms. The number of aliphatic hydroxyl groups excluding tert-OH is 1. The minimum Gasteiger partial charge on any atom is -0.480 e. The molecule has 2 unspecified atom stereocenters. The van der Waals surface area contributed by atoms with Gasteiger partial charge < -0.3 is 10.2 Å². The van der Waals surface area contributed by atoms with Crippen molar-refractivity contribution in [2.24, 2.45) is 11.3 Å². The Morgan fingerprint density at radius 3 is 2.57 bits per heavy atom. The molecule has 2 N–H and O–H groups in total. The molecule has 14 heavy (non-hydrogen) atoms. The van der Waals surface area contributed by atoms with E-state index >= 15 is 0 Å². The molecule has 0 spiro atoms. The van der Waals surface area contributed by atoms with Gasteiger partial charge in [0.1, 0.15) is 6.04 Å². The number of carboxylic acid groups (broad SMARTS) is 1. The zero-order chi connectivity index (χ0) is 10.9. The molecule has 0 aliphatic carbocycles. The first-order valence-electron chi connectivity index (χ1n) is 4.96. The molecule has 0 amide bonds. The van der Waals surface area contributed by atoms with E-state index in [1.165, 1.54) is 0 Å². The van der Waals surface area contributed by atoms with Crippen LogP contribution in [0, 0.1) is 11.3 Å². The molecule has 4 nitrogen and oxygen atoms in total. The van der Waals surface area contributed by atoms with Gasteiger partial charge in [-0.2, -0.15) is 0 Å². The van der Waals surface area contributed by atoms with E-state index in [4.69, 9.17) is 10.2 Å². The number of rotatable bonds is 3. The molecule has 0 saturated carbocycles. The lowest BCUT2D eigenvalue weighted by molar-refractivity contribution is -0.142. The van der Waals surface area contributed by atoms with Crippen LogP contribution in [0.25, 0.3) is 0 Å². The van der Waals surface area contributed by atoms with E-state index in [9.17, 15) is 4.79 Å². The van der Waals surface area contributed by atoms with Crippen molar-refractivity contribution in [2.75, 3.05) is 19.7 Å². The molecule has 1 saturated heterocycles. The normalized spacial score (nSPS) is 29.0. The van der Waals surface area contributed by atoms with Gasteiger partial charge in [0, 0.05) is 25.6 Å². The number of aliphatic carboxylic acids is 1. The van der Waals surface area contributed by atoms with Crippen LogP contribution in [0.1, 0.15) is 20.8 Å². The van der Waals surface area contributed by atoms with Gasteiger partial charge in [-0.1, -0.05) is 13.8 Å². The second-order valence-electron chi connectivity index (χ2n) is 4.81. The highest BCUT2D eigenvalue weighted by Crippen LogP contribution is 2.35. The number of hydrogen-bond donors (Lipinski definition) is 2. The van der Waals surface area contributed by atoms with Gasteiger partial charge in [-0.15, -0.1) is 0 Å². The first-order valence-corrected chi connectivity index (χ1v) is 4.96. The van der Waals surface area contributed by atoms with Crippen molar-refractivity contribution in [3.05, 3.63) is 0 Å². The van der Waals surface area contributed by atoms with E-state index in [2.05, 4.69) is 13.8 Å². The molecule has 1 aliphatic rings. The van der Waals surface area contributed by atoms with Crippen molar-refractivity contribution < 1.29 is 15.0 Å². The minimum atomic E-state index is -0.792. The first kappa shape index (κ1) is 11.5. The van der Waals surface area contributed by atoms with Crippen LogP contribution in [0.2, 0.25) is 0 Å². The van der Waals surface area contributed by atoms with Crippen LogP contribution in [0.15, 0.2) is 0 Å². The number of carboxylic acids is 1. The summed E-state index contributed by atoms with van der Waals surface area (Å²) < 4.78 is 0. The average molecular weight is 201 g/mol. The smallest absolute Gasteiger partial charge is 0.320 e. The van der Waals surface area contributed by atoms with Crippen molar-refractivity contribution in [3.8, 4) is 0 Å². The Bertz CT molecular complexity index is 227. The number of hydrogen-bond acceptors (Lipinski definition) is 3. The molecule has 1 fully saturated rings. The Balaban J connectivity index is 2.67. The molecular weight excluding hydrogens is 182 g/mol. The van der Waals surface area contributed by atoms with Gasteiger partial charge in [0.05, 0.1) is 0 Å². The predicted molar refractivity (Wildman–Crippen MR) is 53.0 cm³/mol. The van der Waals surface area contributed by atoms with Crippen LogP contribution in [-0.2, 0) is 4.79 Å². The van der Waals surface area contributed by atoms with Crippen LogP contribution >= 0.6 is 0 Å². The van der Waals surface area contributed by atoms with E-state index < -0.39 is 12.0 Å². The van der Waals surface area contributed by atoms with Gasteiger partial charge in [0.25, 0.3) is 0 Å². The summed E-state index contributed by atoms with van der Waals surface area (Å²) in [6.45, 7) is 7.39. The van der Waals surface area contributed by atoms with E-state index in [0.717, 1.165) is 6.54 Å². The minimum absolute atomic E-state index is 0.0124. The summed E-state index contributed by atoms with van der Waals surface area (Å²) in [7, 11) is 0. The first-order chi connectivity index (χ1) is 6.38. The summed E-state index contributed by atoms with van der Waals surface area (Å²) >= 11 is 0. The Kier molecular flexibility index (Phi) is 3.17. The zero-order valence-electron chi connectivity index (χ0n) is 9.03. The Labute approximate surface area is 84.5 Å². The highest BCUT2D eigenvalue weighted by molar-refractivity contribution is 5.72. The maximum absolute atomic E-state index is 10.8. The number of carbonyl (C=O) groups is 1. The quantitative estimate of drug-likeness (QED) is 0.694. The molecule has 0 bridgehead atoms. The van der Waals surface area contributed by atoms with Crippen LogP contribution in [0.4, 0.5) is 0 Å². The van der Waals surface area contributed by atoms with Crippen LogP contribution < -0.4 is 0 Å². The SMILES string of the molecule is CC(C(=O)O)N1CC(CO)C(C)(C)C1. The van der Waals surface area contributed by atoms with Crippen molar-refractivity contribution in [1.82, 2.24) is 4.90 Å². The molecule has 1 aliphatic heterocycles. The predicted octanol–water partition coefficient (Wildman–Crippen LogP) is 0.410. The number of nitrogens with zero attached hydrogens (tertiary/aromatic N) is 1. The van der Waals surface area contributed by atoms with E-state index in [1.54, 1.807) is 6.92 Å². The molecule has 82 valence electrons. The average Bonchev–Trinajstić information content (AvgIpc) is 2.39. The summed E-state index contributed by atoms with van der Waals surface area (Å²) in [5.74, 6) is -0.608. The fraction of sp³-hybridized carbons (Fsp3) is 0.900. The van der Waals surface area contributed by atoms with Crippen molar-refractivity contribution in [3.63, 3.8) is 0 Å². The maximum atomic E-state index is 10.8. The third-order valence-electron chi connectivity index (χ3n) is 3.30. The summed E-state index contributed by atoms with van der Waals surface area (Å²) in [6, 6.07) is -0.453. The largest absolute Gasteiger partial charge is 0.480 e. The van der Waals surface area contributed by atoms with E-state index in [0.29, 0.717) is 6.54 Å². The molecule has 0 aromatic heterocycles. The molecule has 0 aromatic carbocycles. The molecule has 1 rings (SSSR count). The third-order valence-corrected chi connectivity index (χ3v) is 3.30. The second-order valence-corrected chi connectivity index (χ2v) is 4.81. The highest BCUT2D eigenvalue weighted by Gasteiger charge is 2.41. The van der Waals surface area contributed by atoms with Gasteiger partial charge in [-0.3, -0.25) is 9.69 Å². The molecule has 1 heterocycles. The van der Waals surface area contributed by atoms with E-state index in [1.807, 2.05) is 4.90 Å². The van der Waals surface area contributed by atoms with E-state index in [-0.39, 0.29) is 17.9 Å². The summed E-state index contributed by atoms with van der Waals surface area (Å²) in [4.78, 5) is 12.7. The highest BCUT2D eigenvalue weighted by atomic mass is 16.4. The number of aliphatic hydroxyl groups is 1. The topological polar surface area (TPSA) is 60.8 Å². The van der Waals surface area contributed by atoms with Crippen LogP contribution in [0.5, 0.6) is 0 Å². The standard InChI is InChI=1S/C10H19NO3/c1-7(9(13)14)11-4-8(5-12)10(2,3)6-11/h7-8,12H,4-6H2,1-3H3,(H,13,14). The van der Waals surface area contributed by atoms with Crippen molar-refractivity contribution in [1.29, 1.82) is 0 Å². The maximum Gasteiger partial charge on any atom is 0.320 e. The summed E-state index contributed by atoms with van der Waals surface area (Å²) in [6.07, 6.45) is 0. The summed E-state index contributed by atoms with van der Waals surface area (Å²) in [5, 5.41) is 18.0. The zero-order valence-corrected chi connectivity index (χ0v) is 9.03. The lowest BCUT2D eigenvalue weighted by Crippen LogP contribution is -2.38.